The Hall–Kier alpha value is -3.46. The minimum absolute atomic E-state index is 0.223. The molecule has 0 fully saturated rings. The van der Waals surface area contributed by atoms with Crippen molar-refractivity contribution < 1.29 is 0 Å². The summed E-state index contributed by atoms with van der Waals surface area (Å²) in [5, 5.41) is 18.3. The molecule has 0 spiro atoms. The average Bonchev–Trinajstić information content (AvgIpc) is 2.68. The summed E-state index contributed by atoms with van der Waals surface area (Å²) in [6.45, 7) is 4.20. The summed E-state index contributed by atoms with van der Waals surface area (Å²) in [7, 11) is 0. The van der Waals surface area contributed by atoms with Gasteiger partial charge in [0.15, 0.2) is 0 Å². The summed E-state index contributed by atoms with van der Waals surface area (Å²) in [6, 6.07) is 21.1. The number of benzene rings is 3. The lowest BCUT2D eigenvalue weighted by Crippen LogP contribution is -2.21. The van der Waals surface area contributed by atoms with Crippen molar-refractivity contribution in [1.29, 1.82) is 10.8 Å². The van der Waals surface area contributed by atoms with Crippen LogP contribution >= 0.6 is 0 Å². The fraction of sp³-hybridized carbons (Fsp3) is 0.0833. The molecular formula is C24H21N3. The van der Waals surface area contributed by atoms with Crippen molar-refractivity contribution in [1.82, 2.24) is 0 Å². The molecule has 0 aliphatic heterocycles. The smallest absolute Gasteiger partial charge is 0.0810 e. The second-order valence-electron chi connectivity index (χ2n) is 6.85. The molecule has 1 aliphatic rings. The molecule has 3 aromatic carbocycles. The van der Waals surface area contributed by atoms with E-state index in [1.807, 2.05) is 6.08 Å². The van der Waals surface area contributed by atoms with Crippen molar-refractivity contribution in [3.8, 4) is 0 Å². The number of allylic oxidation sites excluding steroid dienone is 3. The van der Waals surface area contributed by atoms with Crippen LogP contribution in [0.25, 0.3) is 10.8 Å². The Morgan fingerprint density at radius 2 is 1.41 bits per heavy atom. The number of aryl methyl sites for hydroxylation is 2. The highest BCUT2D eigenvalue weighted by molar-refractivity contribution is 6.49. The summed E-state index contributed by atoms with van der Waals surface area (Å²) in [6.07, 6.45) is 5.36. The summed E-state index contributed by atoms with van der Waals surface area (Å²) >= 11 is 0. The van der Waals surface area contributed by atoms with E-state index < -0.39 is 0 Å². The van der Waals surface area contributed by atoms with Crippen LogP contribution in [0.5, 0.6) is 0 Å². The predicted molar refractivity (Wildman–Crippen MR) is 115 cm³/mol. The van der Waals surface area contributed by atoms with Crippen LogP contribution in [-0.4, -0.2) is 11.4 Å². The van der Waals surface area contributed by atoms with E-state index in [1.165, 1.54) is 21.9 Å². The Balaban J connectivity index is 1.97. The number of nitrogens with zero attached hydrogens (tertiary/aromatic N) is 1. The molecule has 3 heteroatoms. The Morgan fingerprint density at radius 1 is 0.704 bits per heavy atom. The van der Waals surface area contributed by atoms with Gasteiger partial charge in [-0.05, 0) is 61.2 Å². The maximum absolute atomic E-state index is 8.10. The zero-order chi connectivity index (χ0) is 19.0. The molecule has 0 saturated carbocycles. The van der Waals surface area contributed by atoms with E-state index in [-0.39, 0.29) is 11.4 Å². The number of hydrogen-bond donors (Lipinski definition) is 2. The summed E-state index contributed by atoms with van der Waals surface area (Å²) < 4.78 is 0. The third-order valence-electron chi connectivity index (χ3n) is 4.91. The molecule has 0 saturated heterocycles. The van der Waals surface area contributed by atoms with E-state index in [0.717, 1.165) is 17.1 Å². The lowest BCUT2D eigenvalue weighted by atomic mass is 10.0. The van der Waals surface area contributed by atoms with Crippen LogP contribution in [0.2, 0.25) is 0 Å². The highest BCUT2D eigenvalue weighted by Gasteiger charge is 2.19. The number of hydrogen-bond acceptors (Lipinski definition) is 3. The molecule has 0 amide bonds. The van der Waals surface area contributed by atoms with Gasteiger partial charge in [-0.1, -0.05) is 48.0 Å². The van der Waals surface area contributed by atoms with Gasteiger partial charge in [0.05, 0.1) is 17.1 Å². The number of nitrogens with one attached hydrogen (secondary N) is 2. The van der Waals surface area contributed by atoms with Crippen LogP contribution in [0.15, 0.2) is 84.6 Å². The second kappa shape index (κ2) is 6.69. The Morgan fingerprint density at radius 3 is 2.11 bits per heavy atom. The van der Waals surface area contributed by atoms with Crippen LogP contribution in [0.1, 0.15) is 11.1 Å². The predicted octanol–water partition coefficient (Wildman–Crippen LogP) is 6.09. The SMILES string of the molecule is Cc1ccc(N(C2=CC(=N)C(=N)C=C2)c2ccc(C)c3ccccc23)cc1. The maximum atomic E-state index is 8.10. The van der Waals surface area contributed by atoms with E-state index in [4.69, 9.17) is 10.8 Å². The molecule has 0 atom stereocenters. The van der Waals surface area contributed by atoms with Gasteiger partial charge < -0.3 is 4.90 Å². The normalized spacial score (nSPS) is 13.8. The number of rotatable bonds is 3. The molecule has 0 bridgehead atoms. The monoisotopic (exact) mass is 351 g/mol. The van der Waals surface area contributed by atoms with Gasteiger partial charge in [-0.15, -0.1) is 0 Å². The third-order valence-corrected chi connectivity index (χ3v) is 4.91. The Kier molecular flexibility index (Phi) is 4.21. The van der Waals surface area contributed by atoms with Gasteiger partial charge in [0, 0.05) is 16.8 Å². The molecular weight excluding hydrogens is 330 g/mol. The van der Waals surface area contributed by atoms with Crippen LogP contribution in [0.4, 0.5) is 11.4 Å². The van der Waals surface area contributed by atoms with Crippen molar-refractivity contribution in [2.45, 2.75) is 13.8 Å². The molecule has 3 aromatic rings. The molecule has 132 valence electrons. The fourth-order valence-corrected chi connectivity index (χ4v) is 3.42. The highest BCUT2D eigenvalue weighted by atomic mass is 15.1. The van der Waals surface area contributed by atoms with Gasteiger partial charge >= 0.3 is 0 Å². The maximum Gasteiger partial charge on any atom is 0.0810 e. The minimum atomic E-state index is 0.223. The lowest BCUT2D eigenvalue weighted by Gasteiger charge is -2.29. The molecule has 1 aliphatic carbocycles. The molecule has 0 radical (unpaired) electrons. The zero-order valence-electron chi connectivity index (χ0n) is 15.5. The van der Waals surface area contributed by atoms with Crippen LogP contribution in [0, 0.1) is 24.7 Å². The topological polar surface area (TPSA) is 50.9 Å². The first-order chi connectivity index (χ1) is 13.0. The fourth-order valence-electron chi connectivity index (χ4n) is 3.42. The minimum Gasteiger partial charge on any atom is -0.310 e. The van der Waals surface area contributed by atoms with Gasteiger partial charge in [0.25, 0.3) is 0 Å². The molecule has 27 heavy (non-hydrogen) atoms. The van der Waals surface area contributed by atoms with Crippen molar-refractivity contribution in [2.75, 3.05) is 4.90 Å². The standard InChI is InChI=1S/C24H21N3/c1-16-7-10-18(11-8-16)27(19-12-13-22(25)23(26)15-19)24-14-9-17(2)20-5-3-4-6-21(20)24/h3-15,25-26H,1-2H3. The van der Waals surface area contributed by atoms with E-state index in [9.17, 15) is 0 Å². The summed E-state index contributed by atoms with van der Waals surface area (Å²) in [4.78, 5) is 2.17. The van der Waals surface area contributed by atoms with Gasteiger partial charge in [0.2, 0.25) is 0 Å². The van der Waals surface area contributed by atoms with Gasteiger partial charge in [0.1, 0.15) is 0 Å². The molecule has 0 aromatic heterocycles. The van der Waals surface area contributed by atoms with Crippen molar-refractivity contribution >= 4 is 33.6 Å². The largest absolute Gasteiger partial charge is 0.310 e. The van der Waals surface area contributed by atoms with E-state index in [0.29, 0.717) is 0 Å². The Labute approximate surface area is 159 Å². The van der Waals surface area contributed by atoms with Crippen molar-refractivity contribution in [3.05, 3.63) is 95.7 Å². The molecule has 2 N–H and O–H groups in total. The Bertz CT molecular complexity index is 1120. The van der Waals surface area contributed by atoms with Crippen molar-refractivity contribution in [2.24, 2.45) is 0 Å². The van der Waals surface area contributed by atoms with Crippen molar-refractivity contribution in [3.63, 3.8) is 0 Å². The van der Waals surface area contributed by atoms with E-state index >= 15 is 0 Å². The molecule has 4 rings (SSSR count). The van der Waals surface area contributed by atoms with Crippen LogP contribution in [0.3, 0.4) is 0 Å². The van der Waals surface area contributed by atoms with Gasteiger partial charge in [-0.3, -0.25) is 10.8 Å². The summed E-state index contributed by atoms with van der Waals surface area (Å²) in [5.41, 5.74) is 5.88. The first-order valence-electron chi connectivity index (χ1n) is 8.97. The average molecular weight is 351 g/mol. The highest BCUT2D eigenvalue weighted by Crippen LogP contribution is 2.37. The van der Waals surface area contributed by atoms with Crippen LogP contribution in [-0.2, 0) is 0 Å². The second-order valence-corrected chi connectivity index (χ2v) is 6.85. The van der Waals surface area contributed by atoms with E-state index in [2.05, 4.69) is 79.4 Å². The molecule has 3 nitrogen and oxygen atoms in total. The van der Waals surface area contributed by atoms with Gasteiger partial charge in [-0.2, -0.15) is 0 Å². The van der Waals surface area contributed by atoms with E-state index in [1.54, 1.807) is 12.2 Å². The zero-order valence-corrected chi connectivity index (χ0v) is 15.5. The van der Waals surface area contributed by atoms with Crippen LogP contribution < -0.4 is 4.90 Å². The first kappa shape index (κ1) is 17.0. The summed E-state index contributed by atoms with van der Waals surface area (Å²) in [5.74, 6) is 0. The molecule has 0 unspecified atom stereocenters. The lowest BCUT2D eigenvalue weighted by molar-refractivity contribution is 1.21. The number of fused-ring (bicyclic) bond motifs is 1. The molecule has 0 heterocycles. The number of anilines is 2. The quantitative estimate of drug-likeness (QED) is 0.551. The third kappa shape index (κ3) is 3.08. The first-order valence-corrected chi connectivity index (χ1v) is 8.97. The van der Waals surface area contributed by atoms with Gasteiger partial charge in [-0.25, -0.2) is 0 Å².